The van der Waals surface area contributed by atoms with Gasteiger partial charge in [-0.2, -0.15) is 0 Å². The van der Waals surface area contributed by atoms with Crippen molar-refractivity contribution < 1.29 is 9.84 Å². The zero-order valence-electron chi connectivity index (χ0n) is 9.40. The molecule has 16 heavy (non-hydrogen) atoms. The molecule has 0 amide bonds. The summed E-state index contributed by atoms with van der Waals surface area (Å²) in [6.07, 6.45) is -0.565. The molecule has 3 N–H and O–H groups in total. The van der Waals surface area contributed by atoms with E-state index >= 15 is 0 Å². The smallest absolute Gasteiger partial charge is 0.126 e. The molecular weight excluding hydrogens is 270 g/mol. The summed E-state index contributed by atoms with van der Waals surface area (Å²) in [5, 5.41) is 10.2. The summed E-state index contributed by atoms with van der Waals surface area (Å²) >= 11 is 3.49. The first-order chi connectivity index (χ1) is 7.45. The Hall–Kier alpha value is -0.580. The van der Waals surface area contributed by atoms with Gasteiger partial charge in [-0.15, -0.1) is 0 Å². The van der Waals surface area contributed by atoms with Crippen LogP contribution in [0.2, 0.25) is 0 Å². The standard InChI is InChI=1S/C12H16BrNO2/c1-12(2)11(13)10(15)8-5-7(6-14)3-4-9(8)16-12/h3-5,10-11,15H,6,14H2,1-2H3. The van der Waals surface area contributed by atoms with Crippen molar-refractivity contribution in [2.24, 2.45) is 5.73 Å². The summed E-state index contributed by atoms with van der Waals surface area (Å²) < 4.78 is 5.85. The monoisotopic (exact) mass is 285 g/mol. The number of halogens is 1. The SMILES string of the molecule is CC1(C)Oc2ccc(CN)cc2C(O)C1Br. The first-order valence-electron chi connectivity index (χ1n) is 5.30. The van der Waals surface area contributed by atoms with Crippen LogP contribution in [0.5, 0.6) is 5.75 Å². The molecule has 2 rings (SSSR count). The Bertz CT molecular complexity index is 406. The first-order valence-corrected chi connectivity index (χ1v) is 6.21. The van der Waals surface area contributed by atoms with E-state index in [9.17, 15) is 5.11 Å². The van der Waals surface area contributed by atoms with Crippen molar-refractivity contribution >= 4 is 15.9 Å². The van der Waals surface area contributed by atoms with Gasteiger partial charge in [0.15, 0.2) is 0 Å². The molecule has 1 aliphatic heterocycles. The van der Waals surface area contributed by atoms with Gasteiger partial charge in [-0.1, -0.05) is 22.0 Å². The lowest BCUT2D eigenvalue weighted by Gasteiger charge is -2.40. The molecular formula is C12H16BrNO2. The summed E-state index contributed by atoms with van der Waals surface area (Å²) in [7, 11) is 0. The second-order valence-corrected chi connectivity index (χ2v) is 5.61. The molecule has 0 fully saturated rings. The molecule has 0 bridgehead atoms. The van der Waals surface area contributed by atoms with E-state index in [1.807, 2.05) is 32.0 Å². The van der Waals surface area contributed by atoms with Crippen LogP contribution in [0.4, 0.5) is 0 Å². The Morgan fingerprint density at radius 2 is 2.19 bits per heavy atom. The largest absolute Gasteiger partial charge is 0.486 e. The Balaban J connectivity index is 2.47. The van der Waals surface area contributed by atoms with Crippen molar-refractivity contribution in [3.63, 3.8) is 0 Å². The highest BCUT2D eigenvalue weighted by Gasteiger charge is 2.41. The van der Waals surface area contributed by atoms with Crippen LogP contribution in [-0.4, -0.2) is 15.5 Å². The molecule has 1 aromatic rings. The molecule has 0 spiro atoms. The van der Waals surface area contributed by atoms with E-state index < -0.39 is 11.7 Å². The summed E-state index contributed by atoms with van der Waals surface area (Å²) in [5.74, 6) is 0.741. The third kappa shape index (κ3) is 1.85. The second kappa shape index (κ2) is 4.02. The molecule has 4 heteroatoms. The van der Waals surface area contributed by atoms with E-state index in [-0.39, 0.29) is 4.83 Å². The van der Waals surface area contributed by atoms with Gasteiger partial charge in [-0.05, 0) is 31.5 Å². The van der Waals surface area contributed by atoms with Gasteiger partial charge in [0, 0.05) is 12.1 Å². The van der Waals surface area contributed by atoms with Crippen LogP contribution in [0.25, 0.3) is 0 Å². The van der Waals surface area contributed by atoms with Crippen molar-refractivity contribution in [2.75, 3.05) is 0 Å². The predicted molar refractivity (Wildman–Crippen MR) is 66.7 cm³/mol. The van der Waals surface area contributed by atoms with Crippen molar-refractivity contribution in [1.29, 1.82) is 0 Å². The summed E-state index contributed by atoms with van der Waals surface area (Å²) in [6, 6.07) is 5.71. The molecule has 2 atom stereocenters. The van der Waals surface area contributed by atoms with Gasteiger partial charge in [-0.25, -0.2) is 0 Å². The zero-order valence-corrected chi connectivity index (χ0v) is 11.0. The minimum atomic E-state index is -0.565. The Kier molecular flexibility index (Phi) is 2.99. The molecule has 1 aliphatic rings. The predicted octanol–water partition coefficient (Wildman–Crippen LogP) is 2.11. The number of alkyl halides is 1. The highest BCUT2D eigenvalue weighted by molar-refractivity contribution is 9.09. The highest BCUT2D eigenvalue weighted by atomic mass is 79.9. The van der Waals surface area contributed by atoms with Crippen LogP contribution in [0.15, 0.2) is 18.2 Å². The Morgan fingerprint density at radius 3 is 2.81 bits per heavy atom. The lowest BCUT2D eigenvalue weighted by Crippen LogP contribution is -2.45. The average molecular weight is 286 g/mol. The maximum atomic E-state index is 10.2. The number of aliphatic hydroxyl groups is 1. The highest BCUT2D eigenvalue weighted by Crippen LogP contribution is 2.43. The first kappa shape index (κ1) is 11.9. The maximum Gasteiger partial charge on any atom is 0.126 e. The van der Waals surface area contributed by atoms with Crippen LogP contribution in [0, 0.1) is 0 Å². The molecule has 0 aliphatic carbocycles. The third-order valence-electron chi connectivity index (χ3n) is 2.94. The number of rotatable bonds is 1. The summed E-state index contributed by atoms with van der Waals surface area (Å²) in [6.45, 7) is 4.38. The summed E-state index contributed by atoms with van der Waals surface area (Å²) in [5.41, 5.74) is 6.97. The van der Waals surface area contributed by atoms with Crippen LogP contribution < -0.4 is 10.5 Å². The minimum Gasteiger partial charge on any atom is -0.486 e. The van der Waals surface area contributed by atoms with Gasteiger partial charge in [0.2, 0.25) is 0 Å². The number of nitrogens with two attached hydrogens (primary N) is 1. The van der Waals surface area contributed by atoms with E-state index in [2.05, 4.69) is 15.9 Å². The molecule has 0 aromatic heterocycles. The molecule has 3 nitrogen and oxygen atoms in total. The van der Waals surface area contributed by atoms with Gasteiger partial charge in [-0.3, -0.25) is 0 Å². The van der Waals surface area contributed by atoms with Crippen LogP contribution in [0.3, 0.4) is 0 Å². The van der Waals surface area contributed by atoms with Crippen molar-refractivity contribution in [3.8, 4) is 5.75 Å². The molecule has 1 aromatic carbocycles. The van der Waals surface area contributed by atoms with Crippen LogP contribution >= 0.6 is 15.9 Å². The van der Waals surface area contributed by atoms with Gasteiger partial charge in [0.25, 0.3) is 0 Å². The van der Waals surface area contributed by atoms with Crippen molar-refractivity contribution in [2.45, 2.75) is 36.9 Å². The average Bonchev–Trinajstić information content (AvgIpc) is 2.25. The molecule has 0 radical (unpaired) electrons. The Labute approximate surface area is 104 Å². The fraction of sp³-hybridized carbons (Fsp3) is 0.500. The Morgan fingerprint density at radius 1 is 1.50 bits per heavy atom. The number of hydrogen-bond donors (Lipinski definition) is 2. The topological polar surface area (TPSA) is 55.5 Å². The molecule has 88 valence electrons. The van der Waals surface area contributed by atoms with Crippen molar-refractivity contribution in [1.82, 2.24) is 0 Å². The summed E-state index contributed by atoms with van der Waals surface area (Å²) in [4.78, 5) is -0.125. The molecule has 1 heterocycles. The molecule has 0 saturated carbocycles. The van der Waals surface area contributed by atoms with E-state index in [0.717, 1.165) is 16.9 Å². The number of benzene rings is 1. The number of fused-ring (bicyclic) bond motifs is 1. The van der Waals surface area contributed by atoms with E-state index in [0.29, 0.717) is 6.54 Å². The lowest BCUT2D eigenvalue weighted by molar-refractivity contribution is 0.0225. The van der Waals surface area contributed by atoms with Crippen molar-refractivity contribution in [3.05, 3.63) is 29.3 Å². The lowest BCUT2D eigenvalue weighted by atomic mass is 9.90. The second-order valence-electron chi connectivity index (χ2n) is 4.63. The van der Waals surface area contributed by atoms with E-state index in [4.69, 9.17) is 10.5 Å². The van der Waals surface area contributed by atoms with E-state index in [1.54, 1.807) is 0 Å². The van der Waals surface area contributed by atoms with E-state index in [1.165, 1.54) is 0 Å². The van der Waals surface area contributed by atoms with Gasteiger partial charge in [0.1, 0.15) is 11.4 Å². The van der Waals surface area contributed by atoms with Gasteiger partial charge >= 0.3 is 0 Å². The quantitative estimate of drug-likeness (QED) is 0.777. The normalized spacial score (nSPS) is 27.1. The fourth-order valence-corrected chi connectivity index (χ4v) is 2.30. The maximum absolute atomic E-state index is 10.2. The van der Waals surface area contributed by atoms with Crippen LogP contribution in [-0.2, 0) is 6.54 Å². The third-order valence-corrected chi connectivity index (χ3v) is 4.55. The number of ether oxygens (including phenoxy) is 1. The number of aliphatic hydroxyl groups excluding tert-OH is 1. The number of hydrogen-bond acceptors (Lipinski definition) is 3. The molecule has 2 unspecified atom stereocenters. The van der Waals surface area contributed by atoms with Crippen LogP contribution in [0.1, 0.15) is 31.1 Å². The minimum absolute atomic E-state index is 0.125. The zero-order chi connectivity index (χ0) is 11.9. The van der Waals surface area contributed by atoms with Gasteiger partial charge < -0.3 is 15.6 Å². The fourth-order valence-electron chi connectivity index (χ4n) is 1.93. The molecule has 0 saturated heterocycles. The van der Waals surface area contributed by atoms with Gasteiger partial charge in [0.05, 0.1) is 10.9 Å².